The molecule has 0 heterocycles. The highest BCUT2D eigenvalue weighted by atomic mass is 19.4. The van der Waals surface area contributed by atoms with Crippen molar-refractivity contribution in [3.8, 4) is 22.6 Å². The summed E-state index contributed by atoms with van der Waals surface area (Å²) in [7, 11) is 0. The lowest BCUT2D eigenvalue weighted by atomic mass is 9.98. The first kappa shape index (κ1) is 23.4. The van der Waals surface area contributed by atoms with Gasteiger partial charge in [-0.05, 0) is 55.5 Å². The Hall–Kier alpha value is -3.28. The molecule has 0 saturated heterocycles. The van der Waals surface area contributed by atoms with Crippen LogP contribution in [0.3, 0.4) is 0 Å². The Balaban J connectivity index is 1.65. The van der Waals surface area contributed by atoms with Gasteiger partial charge in [-0.15, -0.1) is 0 Å². The molecule has 0 aromatic heterocycles. The number of benzene rings is 3. The van der Waals surface area contributed by atoms with E-state index in [2.05, 4.69) is 24.3 Å². The predicted octanol–water partition coefficient (Wildman–Crippen LogP) is 6.99. The molecule has 32 heavy (non-hydrogen) atoms. The van der Waals surface area contributed by atoms with E-state index in [0.29, 0.717) is 12.8 Å². The third-order valence-corrected chi connectivity index (χ3v) is 5.23. The van der Waals surface area contributed by atoms with Gasteiger partial charge in [0, 0.05) is 6.42 Å². The van der Waals surface area contributed by atoms with Crippen LogP contribution in [0.1, 0.15) is 46.8 Å². The smallest absolute Gasteiger partial charge is 0.423 e. The summed E-state index contributed by atoms with van der Waals surface area (Å²) in [5.41, 5.74) is 2.77. The van der Waals surface area contributed by atoms with Crippen molar-refractivity contribution in [1.82, 2.24) is 0 Å². The summed E-state index contributed by atoms with van der Waals surface area (Å²) in [4.78, 5) is 12.5. The number of phenolic OH excluding ortho intramolecular Hbond substituents is 1. The fourth-order valence-electron chi connectivity index (χ4n) is 3.55. The number of carbonyl (C=O) groups is 1. The van der Waals surface area contributed by atoms with E-state index >= 15 is 0 Å². The fraction of sp³-hybridized carbons (Fsp3) is 0.269. The van der Waals surface area contributed by atoms with E-state index in [1.54, 1.807) is 6.92 Å². The van der Waals surface area contributed by atoms with E-state index in [0.717, 1.165) is 22.8 Å². The van der Waals surface area contributed by atoms with Crippen molar-refractivity contribution in [1.29, 1.82) is 0 Å². The lowest BCUT2D eigenvalue weighted by Gasteiger charge is -2.16. The topological polar surface area (TPSA) is 46.5 Å². The van der Waals surface area contributed by atoms with Crippen molar-refractivity contribution >= 4 is 5.78 Å². The Morgan fingerprint density at radius 2 is 1.53 bits per heavy atom. The average molecular weight is 442 g/mol. The van der Waals surface area contributed by atoms with Gasteiger partial charge in [0.2, 0.25) is 0 Å². The van der Waals surface area contributed by atoms with Crippen molar-refractivity contribution in [2.75, 3.05) is 6.61 Å². The average Bonchev–Trinajstić information content (AvgIpc) is 2.74. The molecular weight excluding hydrogens is 417 g/mol. The van der Waals surface area contributed by atoms with Gasteiger partial charge in [-0.3, -0.25) is 4.79 Å². The summed E-state index contributed by atoms with van der Waals surface area (Å²) in [6.45, 7) is 3.59. The Bertz CT molecular complexity index is 1070. The van der Waals surface area contributed by atoms with Gasteiger partial charge in [0.05, 0.1) is 12.2 Å². The highest BCUT2D eigenvalue weighted by Gasteiger charge is 2.39. The first-order valence-electron chi connectivity index (χ1n) is 10.5. The molecule has 0 unspecified atom stereocenters. The van der Waals surface area contributed by atoms with Gasteiger partial charge in [0.1, 0.15) is 17.1 Å². The van der Waals surface area contributed by atoms with Crippen LogP contribution in [0, 0.1) is 6.92 Å². The van der Waals surface area contributed by atoms with Crippen LogP contribution in [0.4, 0.5) is 13.2 Å². The van der Waals surface area contributed by atoms with Gasteiger partial charge in [-0.25, -0.2) is 0 Å². The van der Waals surface area contributed by atoms with Crippen LogP contribution in [0.15, 0.2) is 60.7 Å². The summed E-state index contributed by atoms with van der Waals surface area (Å²) in [5, 5.41) is 10.2. The zero-order valence-corrected chi connectivity index (χ0v) is 18.0. The number of halogens is 3. The molecule has 3 nitrogen and oxygen atoms in total. The van der Waals surface area contributed by atoms with Gasteiger partial charge in [0.25, 0.3) is 0 Å². The standard InChI is InChI=1S/C26H25F3O3/c1-3-32-23-16-15-21(25(31)24(23)26(27,28)29)22(30)6-4-5-18-9-13-20(14-10-18)19-11-7-17(2)8-12-19/h7-16,31H,3-6H2,1-2H3. The number of alkyl halides is 3. The lowest BCUT2D eigenvalue weighted by Crippen LogP contribution is -2.12. The van der Waals surface area contributed by atoms with E-state index in [4.69, 9.17) is 4.74 Å². The minimum absolute atomic E-state index is 0.0124. The summed E-state index contributed by atoms with van der Waals surface area (Å²) >= 11 is 0. The first-order valence-corrected chi connectivity index (χ1v) is 10.5. The number of ketones is 1. The minimum atomic E-state index is -4.83. The number of phenols is 1. The number of carbonyl (C=O) groups excluding carboxylic acids is 1. The Kier molecular flexibility index (Phi) is 7.23. The molecule has 0 amide bonds. The quantitative estimate of drug-likeness (QED) is 0.383. The van der Waals surface area contributed by atoms with Crippen LogP contribution in [0.25, 0.3) is 11.1 Å². The molecule has 1 N–H and O–H groups in total. The van der Waals surface area contributed by atoms with Crippen molar-refractivity contribution in [3.63, 3.8) is 0 Å². The Labute approximate surface area is 185 Å². The Morgan fingerprint density at radius 3 is 2.09 bits per heavy atom. The normalized spacial score (nSPS) is 11.4. The second-order valence-corrected chi connectivity index (χ2v) is 7.61. The molecule has 0 saturated carbocycles. The molecule has 0 aliphatic heterocycles. The number of hydrogen-bond donors (Lipinski definition) is 1. The molecule has 0 aliphatic rings. The lowest BCUT2D eigenvalue weighted by molar-refractivity contribution is -0.140. The molecule has 0 bridgehead atoms. The zero-order valence-electron chi connectivity index (χ0n) is 18.0. The molecule has 0 fully saturated rings. The minimum Gasteiger partial charge on any atom is -0.506 e. The summed E-state index contributed by atoms with van der Waals surface area (Å²) in [5.74, 6) is -2.09. The van der Waals surface area contributed by atoms with Crippen molar-refractivity contribution in [2.24, 2.45) is 0 Å². The van der Waals surface area contributed by atoms with Crippen LogP contribution < -0.4 is 4.74 Å². The second-order valence-electron chi connectivity index (χ2n) is 7.61. The molecule has 0 radical (unpaired) electrons. The van der Waals surface area contributed by atoms with Crippen LogP contribution in [0.2, 0.25) is 0 Å². The number of Topliss-reactive ketones (excluding diaryl/α,β-unsaturated/α-hetero) is 1. The number of hydrogen-bond acceptors (Lipinski definition) is 3. The molecule has 168 valence electrons. The number of rotatable bonds is 8. The molecule has 3 aromatic rings. The van der Waals surface area contributed by atoms with E-state index in [-0.39, 0.29) is 18.6 Å². The maximum Gasteiger partial charge on any atom is 0.423 e. The number of aryl methyl sites for hydroxylation is 2. The highest BCUT2D eigenvalue weighted by Crippen LogP contribution is 2.44. The molecule has 3 rings (SSSR count). The van der Waals surface area contributed by atoms with Crippen molar-refractivity contribution < 1.29 is 27.8 Å². The molecule has 6 heteroatoms. The largest absolute Gasteiger partial charge is 0.506 e. The van der Waals surface area contributed by atoms with E-state index in [1.165, 1.54) is 11.6 Å². The summed E-state index contributed by atoms with van der Waals surface area (Å²) < 4.78 is 45.1. The molecule has 3 aromatic carbocycles. The van der Waals surface area contributed by atoms with Gasteiger partial charge in [0.15, 0.2) is 5.78 Å². The monoisotopic (exact) mass is 442 g/mol. The van der Waals surface area contributed by atoms with Gasteiger partial charge in [-0.2, -0.15) is 13.2 Å². The maximum atomic E-state index is 13.4. The summed E-state index contributed by atoms with van der Waals surface area (Å²) in [6, 6.07) is 18.5. The third kappa shape index (κ3) is 5.49. The van der Waals surface area contributed by atoms with Crippen LogP contribution in [-0.4, -0.2) is 17.5 Å². The third-order valence-electron chi connectivity index (χ3n) is 5.23. The van der Waals surface area contributed by atoms with E-state index < -0.39 is 29.0 Å². The van der Waals surface area contributed by atoms with Crippen molar-refractivity contribution in [2.45, 2.75) is 39.3 Å². The van der Waals surface area contributed by atoms with Gasteiger partial charge in [-0.1, -0.05) is 54.1 Å². The fourth-order valence-corrected chi connectivity index (χ4v) is 3.55. The van der Waals surface area contributed by atoms with Gasteiger partial charge >= 0.3 is 6.18 Å². The SMILES string of the molecule is CCOc1ccc(C(=O)CCCc2ccc(-c3ccc(C)cc3)cc2)c(O)c1C(F)(F)F. The van der Waals surface area contributed by atoms with Crippen molar-refractivity contribution in [3.05, 3.63) is 82.9 Å². The van der Waals surface area contributed by atoms with E-state index in [1.807, 2.05) is 31.2 Å². The molecule has 0 spiro atoms. The molecule has 0 atom stereocenters. The predicted molar refractivity (Wildman–Crippen MR) is 118 cm³/mol. The zero-order chi connectivity index (χ0) is 23.3. The van der Waals surface area contributed by atoms with E-state index in [9.17, 15) is 23.1 Å². The van der Waals surface area contributed by atoms with Crippen LogP contribution in [0.5, 0.6) is 11.5 Å². The number of aromatic hydroxyl groups is 1. The van der Waals surface area contributed by atoms with Crippen LogP contribution >= 0.6 is 0 Å². The first-order chi connectivity index (χ1) is 15.2. The summed E-state index contributed by atoms with van der Waals surface area (Å²) in [6.07, 6.45) is -3.75. The molecule has 0 aliphatic carbocycles. The number of ether oxygens (including phenoxy) is 1. The highest BCUT2D eigenvalue weighted by molar-refractivity contribution is 5.99. The second kappa shape index (κ2) is 9.90. The Morgan fingerprint density at radius 1 is 0.938 bits per heavy atom. The van der Waals surface area contributed by atoms with Crippen LogP contribution in [-0.2, 0) is 12.6 Å². The maximum absolute atomic E-state index is 13.4. The van der Waals surface area contributed by atoms with Gasteiger partial charge < -0.3 is 9.84 Å². The molecular formula is C26H25F3O3.